The molecule has 2 aromatic carbocycles. The predicted octanol–water partition coefficient (Wildman–Crippen LogP) is 5.42. The maximum Gasteiger partial charge on any atom is 0.416 e. The van der Waals surface area contributed by atoms with E-state index in [2.05, 4.69) is 15.6 Å². The fourth-order valence-electron chi connectivity index (χ4n) is 3.57. The van der Waals surface area contributed by atoms with Crippen LogP contribution in [-0.2, 0) is 26.9 Å². The van der Waals surface area contributed by atoms with E-state index in [1.165, 1.54) is 11.3 Å². The number of ether oxygens (including phenoxy) is 1. The van der Waals surface area contributed by atoms with Gasteiger partial charge >= 0.3 is 12.1 Å². The van der Waals surface area contributed by atoms with Crippen LogP contribution in [0.1, 0.15) is 20.8 Å². The number of hydrogen-bond donors (Lipinski definition) is 3. The Morgan fingerprint density at radius 1 is 1.08 bits per heavy atom. The summed E-state index contributed by atoms with van der Waals surface area (Å²) in [6.45, 7) is -0.801. The standard InChI is InChI=1S/C25H19ClF3N3O4S/c26-17-8-7-15(25(27,28)29)11-19(17)31-22(33)13-36-24(35)20(32-23(34)21-6-3-9-37-21)10-14-12-30-18-5-2-1-4-16(14)18/h1-9,11-12,20,30H,10,13H2,(H,31,33)(H,32,34). The number of rotatable bonds is 8. The van der Waals surface area contributed by atoms with Crippen molar-refractivity contribution in [3.05, 3.63) is 87.2 Å². The lowest BCUT2D eigenvalue weighted by Gasteiger charge is -2.17. The van der Waals surface area contributed by atoms with Gasteiger partial charge in [0.1, 0.15) is 6.04 Å². The lowest BCUT2D eigenvalue weighted by atomic mass is 10.0. The molecule has 0 bridgehead atoms. The van der Waals surface area contributed by atoms with E-state index in [0.717, 1.165) is 28.6 Å². The van der Waals surface area contributed by atoms with Gasteiger partial charge in [0.15, 0.2) is 6.61 Å². The zero-order valence-electron chi connectivity index (χ0n) is 18.9. The summed E-state index contributed by atoms with van der Waals surface area (Å²) < 4.78 is 44.1. The van der Waals surface area contributed by atoms with Crippen molar-refractivity contribution in [3.8, 4) is 0 Å². The third kappa shape index (κ3) is 6.49. The first-order valence-electron chi connectivity index (χ1n) is 10.8. The largest absolute Gasteiger partial charge is 0.454 e. The molecule has 37 heavy (non-hydrogen) atoms. The molecule has 0 saturated carbocycles. The summed E-state index contributed by atoms with van der Waals surface area (Å²) in [5, 5.41) is 7.29. The summed E-state index contributed by atoms with van der Waals surface area (Å²) in [5.41, 5.74) is 0.300. The zero-order chi connectivity index (χ0) is 26.6. The Bertz CT molecular complexity index is 1440. The molecule has 2 aromatic heterocycles. The average Bonchev–Trinajstić information content (AvgIpc) is 3.53. The number of thiophene rings is 1. The van der Waals surface area contributed by atoms with Gasteiger partial charge < -0.3 is 20.4 Å². The van der Waals surface area contributed by atoms with E-state index < -0.39 is 42.2 Å². The number of amides is 2. The first-order valence-corrected chi connectivity index (χ1v) is 12.1. The highest BCUT2D eigenvalue weighted by Crippen LogP contribution is 2.33. The number of halogens is 4. The number of esters is 1. The van der Waals surface area contributed by atoms with Crippen LogP contribution in [0, 0.1) is 0 Å². The number of benzene rings is 2. The molecule has 0 radical (unpaired) electrons. The molecule has 0 saturated heterocycles. The summed E-state index contributed by atoms with van der Waals surface area (Å²) in [6, 6.07) is 12.0. The maximum atomic E-state index is 13.0. The van der Waals surface area contributed by atoms with E-state index in [9.17, 15) is 27.6 Å². The van der Waals surface area contributed by atoms with E-state index >= 15 is 0 Å². The maximum absolute atomic E-state index is 13.0. The lowest BCUT2D eigenvalue weighted by Crippen LogP contribution is -2.43. The molecule has 12 heteroatoms. The molecule has 192 valence electrons. The number of carbonyl (C=O) groups is 3. The Morgan fingerprint density at radius 2 is 1.86 bits per heavy atom. The normalized spacial score (nSPS) is 12.2. The Balaban J connectivity index is 1.46. The van der Waals surface area contributed by atoms with Crippen LogP contribution in [-0.4, -0.2) is 35.4 Å². The van der Waals surface area contributed by atoms with E-state index in [-0.39, 0.29) is 17.1 Å². The van der Waals surface area contributed by atoms with E-state index in [1.54, 1.807) is 23.7 Å². The van der Waals surface area contributed by atoms with Crippen LogP contribution >= 0.6 is 22.9 Å². The Morgan fingerprint density at radius 3 is 2.59 bits per heavy atom. The van der Waals surface area contributed by atoms with Crippen molar-refractivity contribution < 1.29 is 32.3 Å². The summed E-state index contributed by atoms with van der Waals surface area (Å²) in [7, 11) is 0. The van der Waals surface area contributed by atoms with E-state index in [0.29, 0.717) is 10.9 Å². The van der Waals surface area contributed by atoms with Gasteiger partial charge in [-0.05, 0) is 41.3 Å². The molecule has 4 aromatic rings. The SMILES string of the molecule is O=C(COC(=O)C(Cc1c[nH]c2ccccc12)NC(=O)c1cccs1)Nc1cc(C(F)(F)F)ccc1Cl. The molecule has 2 amide bonds. The number of para-hydroxylation sites is 1. The molecule has 2 heterocycles. The van der Waals surface area contributed by atoms with Gasteiger partial charge in [-0.2, -0.15) is 13.2 Å². The molecule has 1 atom stereocenters. The van der Waals surface area contributed by atoms with Crippen molar-refractivity contribution in [2.45, 2.75) is 18.6 Å². The number of aromatic nitrogens is 1. The van der Waals surface area contributed by atoms with E-state index in [1.807, 2.05) is 24.3 Å². The second-order valence-electron chi connectivity index (χ2n) is 7.92. The van der Waals surface area contributed by atoms with Crippen molar-refractivity contribution in [2.24, 2.45) is 0 Å². The summed E-state index contributed by atoms with van der Waals surface area (Å²) in [5.74, 6) is -2.28. The highest BCUT2D eigenvalue weighted by atomic mass is 35.5. The van der Waals surface area contributed by atoms with Crippen molar-refractivity contribution in [1.29, 1.82) is 0 Å². The second kappa shape index (κ2) is 11.1. The topological polar surface area (TPSA) is 100 Å². The first-order chi connectivity index (χ1) is 17.6. The number of hydrogen-bond acceptors (Lipinski definition) is 5. The average molecular weight is 550 g/mol. The molecule has 0 spiro atoms. The highest BCUT2D eigenvalue weighted by molar-refractivity contribution is 7.12. The number of anilines is 1. The molecule has 3 N–H and O–H groups in total. The zero-order valence-corrected chi connectivity index (χ0v) is 20.5. The third-order valence-corrected chi connectivity index (χ3v) is 6.55. The highest BCUT2D eigenvalue weighted by Gasteiger charge is 2.31. The molecular formula is C25H19ClF3N3O4S. The van der Waals surface area contributed by atoms with Gasteiger partial charge in [0.05, 0.1) is 21.2 Å². The van der Waals surface area contributed by atoms with Crippen LogP contribution in [0.25, 0.3) is 10.9 Å². The number of alkyl halides is 3. The van der Waals surface area contributed by atoms with Crippen molar-refractivity contribution in [1.82, 2.24) is 10.3 Å². The van der Waals surface area contributed by atoms with Gasteiger partial charge in [-0.15, -0.1) is 11.3 Å². The molecule has 0 fully saturated rings. The summed E-state index contributed by atoms with van der Waals surface area (Å²) in [6.07, 6.45) is -2.85. The van der Waals surface area contributed by atoms with Gasteiger partial charge in [0.2, 0.25) is 0 Å². The molecule has 7 nitrogen and oxygen atoms in total. The van der Waals surface area contributed by atoms with E-state index in [4.69, 9.17) is 16.3 Å². The predicted molar refractivity (Wildman–Crippen MR) is 134 cm³/mol. The number of aromatic amines is 1. The van der Waals surface area contributed by atoms with Crippen LogP contribution in [0.3, 0.4) is 0 Å². The van der Waals surface area contributed by atoms with Crippen LogP contribution < -0.4 is 10.6 Å². The molecule has 0 aliphatic rings. The minimum atomic E-state index is -4.63. The summed E-state index contributed by atoms with van der Waals surface area (Å²) >= 11 is 7.09. The Kier molecular flexibility index (Phi) is 7.84. The lowest BCUT2D eigenvalue weighted by molar-refractivity contribution is -0.149. The molecular weight excluding hydrogens is 531 g/mol. The van der Waals surface area contributed by atoms with Crippen LogP contribution in [0.5, 0.6) is 0 Å². The fraction of sp³-hybridized carbons (Fsp3) is 0.160. The summed E-state index contributed by atoms with van der Waals surface area (Å²) in [4.78, 5) is 41.4. The number of fused-ring (bicyclic) bond motifs is 1. The van der Waals surface area contributed by atoms with Gasteiger partial charge in [-0.3, -0.25) is 9.59 Å². The van der Waals surface area contributed by atoms with Crippen LogP contribution in [0.4, 0.5) is 18.9 Å². The number of carbonyl (C=O) groups excluding carboxylic acids is 3. The van der Waals surface area contributed by atoms with Crippen LogP contribution in [0.2, 0.25) is 5.02 Å². The number of H-pyrrole nitrogens is 1. The molecule has 4 rings (SSSR count). The second-order valence-corrected chi connectivity index (χ2v) is 9.27. The monoisotopic (exact) mass is 549 g/mol. The van der Waals surface area contributed by atoms with Gasteiger partial charge in [0.25, 0.3) is 11.8 Å². The third-order valence-electron chi connectivity index (χ3n) is 5.35. The minimum Gasteiger partial charge on any atom is -0.454 e. The smallest absolute Gasteiger partial charge is 0.416 e. The molecule has 1 unspecified atom stereocenters. The fourth-order valence-corrected chi connectivity index (χ4v) is 4.36. The minimum absolute atomic E-state index is 0.0705. The van der Waals surface area contributed by atoms with Crippen molar-refractivity contribution in [2.75, 3.05) is 11.9 Å². The van der Waals surface area contributed by atoms with Crippen molar-refractivity contribution >= 4 is 57.3 Å². The van der Waals surface area contributed by atoms with Crippen LogP contribution in [0.15, 0.2) is 66.2 Å². The quantitative estimate of drug-likeness (QED) is 0.255. The van der Waals surface area contributed by atoms with Gasteiger partial charge in [-0.1, -0.05) is 35.9 Å². The van der Waals surface area contributed by atoms with Crippen molar-refractivity contribution in [3.63, 3.8) is 0 Å². The molecule has 0 aliphatic carbocycles. The van der Waals surface area contributed by atoms with Gasteiger partial charge in [0, 0.05) is 23.5 Å². The molecule has 0 aliphatic heterocycles. The Hall–Kier alpha value is -3.83. The number of nitrogens with one attached hydrogen (secondary N) is 3. The van der Waals surface area contributed by atoms with Gasteiger partial charge in [-0.25, -0.2) is 4.79 Å². The Labute approximate surface area is 217 Å². The first kappa shape index (κ1) is 26.2.